The molecule has 9 heteroatoms. The molecule has 0 unspecified atom stereocenters. The van der Waals surface area contributed by atoms with Gasteiger partial charge in [0.2, 0.25) is 0 Å². The number of carboxylic acid groups (broad SMARTS) is 1. The number of benzene rings is 3. The number of ether oxygens (including phenoxy) is 2. The first-order chi connectivity index (χ1) is 17.8. The first kappa shape index (κ1) is 25.2. The Hall–Kier alpha value is -4.92. The second-order valence-corrected chi connectivity index (χ2v) is 8.18. The van der Waals surface area contributed by atoms with Crippen LogP contribution in [0.1, 0.15) is 34.0 Å². The van der Waals surface area contributed by atoms with Crippen molar-refractivity contribution in [1.82, 2.24) is 5.32 Å². The fraction of sp³-hybridized carbons (Fsp3) is 0.143. The highest BCUT2D eigenvalue weighted by atomic mass is 16.5. The van der Waals surface area contributed by atoms with Crippen molar-refractivity contribution in [3.05, 3.63) is 94.6 Å². The Morgan fingerprint density at radius 3 is 2.24 bits per heavy atom. The topological polar surface area (TPSA) is 122 Å². The van der Waals surface area contributed by atoms with Crippen molar-refractivity contribution < 1.29 is 33.8 Å². The molecule has 0 bridgehead atoms. The fourth-order valence-electron chi connectivity index (χ4n) is 3.74. The zero-order valence-electron chi connectivity index (χ0n) is 20.2. The quantitative estimate of drug-likeness (QED) is 0.351. The van der Waals surface area contributed by atoms with Crippen molar-refractivity contribution in [2.24, 2.45) is 0 Å². The van der Waals surface area contributed by atoms with Crippen LogP contribution in [-0.2, 0) is 22.6 Å². The molecule has 3 aromatic rings. The Kier molecular flexibility index (Phi) is 7.34. The molecular formula is C28H24N2O7. The SMILES string of the molecule is CCc1ccc(N2C(=O)NC(=O)C(=Cc3ccc(OCc4ccc(C(=O)O)cc4)c(OC)c3)C2=O)cc1. The van der Waals surface area contributed by atoms with Crippen LogP contribution in [0, 0.1) is 0 Å². The zero-order chi connectivity index (χ0) is 26.5. The molecule has 188 valence electrons. The molecule has 0 atom stereocenters. The molecule has 0 spiro atoms. The van der Waals surface area contributed by atoms with E-state index in [1.165, 1.54) is 25.3 Å². The van der Waals surface area contributed by atoms with Gasteiger partial charge in [0, 0.05) is 0 Å². The van der Waals surface area contributed by atoms with E-state index in [1.54, 1.807) is 42.5 Å². The van der Waals surface area contributed by atoms with E-state index >= 15 is 0 Å². The Morgan fingerprint density at radius 1 is 0.946 bits per heavy atom. The van der Waals surface area contributed by atoms with Crippen LogP contribution in [0.4, 0.5) is 10.5 Å². The highest BCUT2D eigenvalue weighted by Crippen LogP contribution is 2.30. The number of rotatable bonds is 8. The van der Waals surface area contributed by atoms with Gasteiger partial charge in [-0.3, -0.25) is 14.9 Å². The number of methoxy groups -OCH3 is 1. The van der Waals surface area contributed by atoms with Crippen molar-refractivity contribution in [3.8, 4) is 11.5 Å². The van der Waals surface area contributed by atoms with E-state index in [2.05, 4.69) is 5.32 Å². The number of hydrogen-bond acceptors (Lipinski definition) is 6. The van der Waals surface area contributed by atoms with E-state index in [9.17, 15) is 19.2 Å². The van der Waals surface area contributed by atoms with E-state index in [4.69, 9.17) is 14.6 Å². The second kappa shape index (κ2) is 10.8. The lowest BCUT2D eigenvalue weighted by Crippen LogP contribution is -2.54. The molecule has 0 aromatic heterocycles. The summed E-state index contributed by atoms with van der Waals surface area (Å²) in [6.07, 6.45) is 2.19. The number of amides is 4. The summed E-state index contributed by atoms with van der Waals surface area (Å²) in [5.41, 5.74) is 2.64. The van der Waals surface area contributed by atoms with Crippen LogP contribution in [0.15, 0.2) is 72.3 Å². The summed E-state index contributed by atoms with van der Waals surface area (Å²) in [5, 5.41) is 11.2. The van der Waals surface area contributed by atoms with Gasteiger partial charge in [-0.2, -0.15) is 0 Å². The lowest BCUT2D eigenvalue weighted by molar-refractivity contribution is -0.122. The minimum Gasteiger partial charge on any atom is -0.493 e. The van der Waals surface area contributed by atoms with E-state index in [0.29, 0.717) is 22.7 Å². The molecule has 1 heterocycles. The fourth-order valence-corrected chi connectivity index (χ4v) is 3.74. The highest BCUT2D eigenvalue weighted by Gasteiger charge is 2.36. The van der Waals surface area contributed by atoms with Gasteiger partial charge in [-0.15, -0.1) is 0 Å². The monoisotopic (exact) mass is 500 g/mol. The molecule has 1 aliphatic rings. The number of carbonyl (C=O) groups excluding carboxylic acids is 3. The normalized spacial score (nSPS) is 14.5. The molecule has 1 saturated heterocycles. The molecule has 2 N–H and O–H groups in total. The van der Waals surface area contributed by atoms with Crippen LogP contribution in [0.25, 0.3) is 6.08 Å². The minimum absolute atomic E-state index is 0.172. The molecule has 3 aromatic carbocycles. The van der Waals surface area contributed by atoms with Gasteiger partial charge in [-0.25, -0.2) is 14.5 Å². The third kappa shape index (κ3) is 5.51. The lowest BCUT2D eigenvalue weighted by atomic mass is 10.1. The minimum atomic E-state index is -1.01. The highest BCUT2D eigenvalue weighted by molar-refractivity contribution is 6.39. The number of urea groups is 1. The molecule has 9 nitrogen and oxygen atoms in total. The summed E-state index contributed by atoms with van der Waals surface area (Å²) in [7, 11) is 1.46. The van der Waals surface area contributed by atoms with Crippen molar-refractivity contribution in [1.29, 1.82) is 0 Å². The molecule has 37 heavy (non-hydrogen) atoms. The van der Waals surface area contributed by atoms with Crippen molar-refractivity contribution in [3.63, 3.8) is 0 Å². The number of nitrogens with one attached hydrogen (secondary N) is 1. The average molecular weight is 501 g/mol. The molecule has 4 rings (SSSR count). The molecule has 0 saturated carbocycles. The number of aryl methyl sites for hydroxylation is 1. The number of anilines is 1. The third-order valence-electron chi connectivity index (χ3n) is 5.80. The Labute approximate surface area is 212 Å². The van der Waals surface area contributed by atoms with Crippen LogP contribution in [0.3, 0.4) is 0 Å². The number of nitrogens with zero attached hydrogens (tertiary/aromatic N) is 1. The number of barbiturate groups is 1. The summed E-state index contributed by atoms with van der Waals surface area (Å²) < 4.78 is 11.2. The number of carboxylic acids is 1. The molecule has 1 fully saturated rings. The largest absolute Gasteiger partial charge is 0.493 e. The lowest BCUT2D eigenvalue weighted by Gasteiger charge is -2.26. The first-order valence-corrected chi connectivity index (χ1v) is 11.4. The standard InChI is InChI=1S/C28H24N2O7/c1-3-17-6-11-21(12-7-17)30-26(32)22(25(31)29-28(30)35)14-19-8-13-23(24(15-19)36-2)37-16-18-4-9-20(10-5-18)27(33)34/h4-15H,3,16H2,1-2H3,(H,33,34)(H,29,31,35). The number of imide groups is 2. The predicted molar refractivity (Wildman–Crippen MR) is 136 cm³/mol. The first-order valence-electron chi connectivity index (χ1n) is 11.4. The number of carbonyl (C=O) groups is 4. The third-order valence-corrected chi connectivity index (χ3v) is 5.80. The van der Waals surface area contributed by atoms with E-state index in [1.807, 2.05) is 19.1 Å². The summed E-state index contributed by atoms with van der Waals surface area (Å²) in [5.74, 6) is -1.75. The predicted octanol–water partition coefficient (Wildman–Crippen LogP) is 4.20. The molecule has 0 aliphatic carbocycles. The van der Waals surface area contributed by atoms with Gasteiger partial charge in [-0.05, 0) is 65.6 Å². The summed E-state index contributed by atoms with van der Waals surface area (Å²) in [6.45, 7) is 2.17. The second-order valence-electron chi connectivity index (χ2n) is 8.18. The molecular weight excluding hydrogens is 476 g/mol. The maximum Gasteiger partial charge on any atom is 0.335 e. The maximum absolute atomic E-state index is 13.1. The van der Waals surface area contributed by atoms with Gasteiger partial charge in [0.1, 0.15) is 12.2 Å². The Morgan fingerprint density at radius 2 is 1.62 bits per heavy atom. The van der Waals surface area contributed by atoms with Gasteiger partial charge >= 0.3 is 12.0 Å². The Bertz CT molecular complexity index is 1390. The summed E-state index contributed by atoms with van der Waals surface area (Å²) in [4.78, 5) is 50.0. The smallest absolute Gasteiger partial charge is 0.335 e. The van der Waals surface area contributed by atoms with Crippen LogP contribution < -0.4 is 19.7 Å². The van der Waals surface area contributed by atoms with Gasteiger partial charge < -0.3 is 14.6 Å². The maximum atomic E-state index is 13.1. The van der Waals surface area contributed by atoms with Crippen LogP contribution >= 0.6 is 0 Å². The van der Waals surface area contributed by atoms with Crippen LogP contribution in [0.2, 0.25) is 0 Å². The van der Waals surface area contributed by atoms with E-state index in [0.717, 1.165) is 22.4 Å². The van der Waals surface area contributed by atoms with Crippen LogP contribution in [0.5, 0.6) is 11.5 Å². The van der Waals surface area contributed by atoms with Gasteiger partial charge in [0.15, 0.2) is 11.5 Å². The Balaban J connectivity index is 1.55. The molecule has 1 aliphatic heterocycles. The van der Waals surface area contributed by atoms with Crippen LogP contribution in [-0.4, -0.2) is 36.0 Å². The summed E-state index contributed by atoms with van der Waals surface area (Å²) >= 11 is 0. The van der Waals surface area contributed by atoms with E-state index < -0.39 is 23.8 Å². The van der Waals surface area contributed by atoms with Gasteiger partial charge in [-0.1, -0.05) is 37.3 Å². The van der Waals surface area contributed by atoms with Gasteiger partial charge in [0.05, 0.1) is 18.4 Å². The molecule has 4 amide bonds. The average Bonchev–Trinajstić information content (AvgIpc) is 2.90. The zero-order valence-corrected chi connectivity index (χ0v) is 20.2. The van der Waals surface area contributed by atoms with Crippen molar-refractivity contribution in [2.45, 2.75) is 20.0 Å². The van der Waals surface area contributed by atoms with E-state index in [-0.39, 0.29) is 17.7 Å². The van der Waals surface area contributed by atoms with Crippen molar-refractivity contribution in [2.75, 3.05) is 12.0 Å². The molecule has 0 radical (unpaired) electrons. The number of aromatic carboxylic acids is 1. The van der Waals surface area contributed by atoms with Crippen molar-refractivity contribution >= 4 is 35.6 Å². The number of hydrogen-bond donors (Lipinski definition) is 2. The van der Waals surface area contributed by atoms with Gasteiger partial charge in [0.25, 0.3) is 11.8 Å². The summed E-state index contributed by atoms with van der Waals surface area (Å²) in [6, 6.07) is 17.3.